The topological polar surface area (TPSA) is 100 Å². The molecule has 0 radical (unpaired) electrons. The lowest BCUT2D eigenvalue weighted by molar-refractivity contribution is -0.136. The van der Waals surface area contributed by atoms with E-state index in [1.807, 2.05) is 0 Å². The van der Waals surface area contributed by atoms with Crippen molar-refractivity contribution in [2.75, 3.05) is 0 Å². The number of carboxylic acids is 1. The molecule has 0 saturated heterocycles. The summed E-state index contributed by atoms with van der Waals surface area (Å²) in [6.07, 6.45) is 2.59. The fourth-order valence-corrected chi connectivity index (χ4v) is 2.11. The molecule has 0 aliphatic heterocycles. The highest BCUT2D eigenvalue weighted by molar-refractivity contribution is 7.13. The van der Waals surface area contributed by atoms with Gasteiger partial charge in [0.1, 0.15) is 16.5 Å². The lowest BCUT2D eigenvalue weighted by Gasteiger charge is -2.03. The van der Waals surface area contributed by atoms with Gasteiger partial charge in [0, 0.05) is 29.8 Å². The third kappa shape index (κ3) is 3.14. The number of aromatic hydroxyl groups is 1. The van der Waals surface area contributed by atoms with E-state index < -0.39 is 11.8 Å². The zero-order valence-corrected chi connectivity index (χ0v) is 10.6. The summed E-state index contributed by atoms with van der Waals surface area (Å²) < 4.78 is 0. The van der Waals surface area contributed by atoms with Crippen molar-refractivity contribution in [1.29, 1.82) is 0 Å². The average Bonchev–Trinajstić information content (AvgIpc) is 2.89. The molecular weight excluding hydrogens is 268 g/mol. The Morgan fingerprint density at radius 3 is 2.63 bits per heavy atom. The summed E-state index contributed by atoms with van der Waals surface area (Å²) in [5, 5.41) is 20.8. The summed E-state index contributed by atoms with van der Waals surface area (Å²) in [4.78, 5) is 30.0. The Morgan fingerprint density at radius 2 is 2.05 bits per heavy atom. The van der Waals surface area contributed by atoms with Crippen molar-refractivity contribution < 1.29 is 19.8 Å². The monoisotopic (exact) mass is 278 g/mol. The van der Waals surface area contributed by atoms with Crippen LogP contribution in [-0.4, -0.2) is 31.9 Å². The highest BCUT2D eigenvalue weighted by atomic mass is 32.1. The second kappa shape index (κ2) is 5.57. The molecule has 0 fully saturated rings. The van der Waals surface area contributed by atoms with Crippen LogP contribution in [0.2, 0.25) is 0 Å². The molecule has 0 aromatic carbocycles. The van der Waals surface area contributed by atoms with Gasteiger partial charge in [0.05, 0.1) is 6.42 Å². The number of thiazole rings is 1. The van der Waals surface area contributed by atoms with Gasteiger partial charge in [0.25, 0.3) is 0 Å². The maximum Gasteiger partial charge on any atom is 0.303 e. The first kappa shape index (κ1) is 13.2. The fraction of sp³-hybridized carbons (Fsp3) is 0.167. The van der Waals surface area contributed by atoms with Crippen molar-refractivity contribution in [2.45, 2.75) is 12.8 Å². The summed E-state index contributed by atoms with van der Waals surface area (Å²) in [6.45, 7) is 0. The molecule has 2 N–H and O–H groups in total. The molecule has 98 valence electrons. The second-order valence-electron chi connectivity index (χ2n) is 3.75. The van der Waals surface area contributed by atoms with Gasteiger partial charge in [-0.05, 0) is 6.07 Å². The van der Waals surface area contributed by atoms with Gasteiger partial charge in [-0.1, -0.05) is 0 Å². The molecule has 7 heteroatoms. The predicted molar refractivity (Wildman–Crippen MR) is 68.2 cm³/mol. The Bertz CT molecular complexity index is 610. The molecule has 0 atom stereocenters. The molecule has 0 spiro atoms. The summed E-state index contributed by atoms with van der Waals surface area (Å²) in [5.74, 6) is -1.82. The van der Waals surface area contributed by atoms with Crippen LogP contribution in [0.25, 0.3) is 10.6 Å². The average molecular weight is 278 g/mol. The number of carboxylic acid groups (broad SMARTS) is 1. The van der Waals surface area contributed by atoms with E-state index in [0.29, 0.717) is 10.6 Å². The van der Waals surface area contributed by atoms with E-state index in [0.717, 1.165) is 0 Å². The molecule has 6 nitrogen and oxygen atoms in total. The van der Waals surface area contributed by atoms with E-state index in [2.05, 4.69) is 9.97 Å². The molecule has 2 heterocycles. The van der Waals surface area contributed by atoms with Crippen LogP contribution in [0.15, 0.2) is 23.8 Å². The van der Waals surface area contributed by atoms with Gasteiger partial charge < -0.3 is 10.2 Å². The third-order valence-electron chi connectivity index (χ3n) is 2.38. The second-order valence-corrected chi connectivity index (χ2v) is 4.64. The highest BCUT2D eigenvalue weighted by Gasteiger charge is 2.15. The van der Waals surface area contributed by atoms with Crippen LogP contribution in [-0.2, 0) is 4.79 Å². The molecular formula is C12H10N2O4S. The lowest BCUT2D eigenvalue weighted by atomic mass is 10.1. The standard InChI is InChI=1S/C12H10N2O4S/c15-8(1-2-10(17)18)11-9(16)5-7(6-14-11)12-13-3-4-19-12/h3-6,16H,1-2H2,(H,17,18). The summed E-state index contributed by atoms with van der Waals surface area (Å²) in [6, 6.07) is 1.40. The molecule has 2 aromatic heterocycles. The van der Waals surface area contributed by atoms with Crippen molar-refractivity contribution in [1.82, 2.24) is 9.97 Å². The predicted octanol–water partition coefficient (Wildman–Crippen LogP) is 1.96. The number of Topliss-reactive ketones (excluding diaryl/α,β-unsaturated/α-hetero) is 1. The number of aliphatic carboxylic acids is 1. The maximum absolute atomic E-state index is 11.7. The fourth-order valence-electron chi connectivity index (χ4n) is 1.49. The van der Waals surface area contributed by atoms with Crippen LogP contribution in [0, 0.1) is 0 Å². The van der Waals surface area contributed by atoms with Crippen LogP contribution in [0.1, 0.15) is 23.3 Å². The number of hydrogen-bond acceptors (Lipinski definition) is 6. The minimum atomic E-state index is -1.06. The van der Waals surface area contributed by atoms with E-state index in [9.17, 15) is 14.7 Å². The van der Waals surface area contributed by atoms with Gasteiger partial charge in [-0.25, -0.2) is 9.97 Å². The normalized spacial score (nSPS) is 10.3. The molecule has 2 aromatic rings. The molecule has 0 bridgehead atoms. The van der Waals surface area contributed by atoms with E-state index in [1.54, 1.807) is 11.6 Å². The largest absolute Gasteiger partial charge is 0.506 e. The van der Waals surface area contributed by atoms with Crippen molar-refractivity contribution in [2.24, 2.45) is 0 Å². The van der Waals surface area contributed by atoms with E-state index in [-0.39, 0.29) is 24.3 Å². The maximum atomic E-state index is 11.7. The van der Waals surface area contributed by atoms with Crippen LogP contribution >= 0.6 is 11.3 Å². The van der Waals surface area contributed by atoms with Gasteiger partial charge in [-0.2, -0.15) is 0 Å². The summed E-state index contributed by atoms with van der Waals surface area (Å²) in [5.41, 5.74) is 0.504. The van der Waals surface area contributed by atoms with Crippen LogP contribution in [0.3, 0.4) is 0 Å². The van der Waals surface area contributed by atoms with Crippen molar-refractivity contribution in [3.05, 3.63) is 29.5 Å². The minimum absolute atomic E-state index is 0.110. The Hall–Kier alpha value is -2.28. The number of rotatable bonds is 5. The zero-order chi connectivity index (χ0) is 13.8. The number of nitrogens with zero attached hydrogens (tertiary/aromatic N) is 2. The van der Waals surface area contributed by atoms with E-state index >= 15 is 0 Å². The third-order valence-corrected chi connectivity index (χ3v) is 3.20. The Labute approximate surface area is 112 Å². The van der Waals surface area contributed by atoms with Crippen LogP contribution in [0.4, 0.5) is 0 Å². The number of carbonyl (C=O) groups excluding carboxylic acids is 1. The molecule has 0 aliphatic carbocycles. The molecule has 19 heavy (non-hydrogen) atoms. The SMILES string of the molecule is O=C(O)CCC(=O)c1ncc(-c2nccs2)cc1O. The number of pyridine rings is 1. The highest BCUT2D eigenvalue weighted by Crippen LogP contribution is 2.26. The van der Waals surface area contributed by atoms with E-state index in [1.165, 1.54) is 23.6 Å². The molecule has 0 saturated carbocycles. The molecule has 0 aliphatic rings. The van der Waals surface area contributed by atoms with Crippen LogP contribution < -0.4 is 0 Å². The van der Waals surface area contributed by atoms with Crippen LogP contribution in [0.5, 0.6) is 5.75 Å². The molecule has 0 amide bonds. The summed E-state index contributed by atoms with van der Waals surface area (Å²) in [7, 11) is 0. The minimum Gasteiger partial charge on any atom is -0.506 e. The Balaban J connectivity index is 2.20. The Kier molecular flexibility index (Phi) is 3.86. The van der Waals surface area contributed by atoms with E-state index in [4.69, 9.17) is 5.11 Å². The molecule has 0 unspecified atom stereocenters. The number of ketones is 1. The van der Waals surface area contributed by atoms with Gasteiger partial charge in [0.2, 0.25) is 0 Å². The first-order valence-electron chi connectivity index (χ1n) is 5.42. The van der Waals surface area contributed by atoms with Crippen molar-refractivity contribution in [3.8, 4) is 16.3 Å². The quantitative estimate of drug-likeness (QED) is 0.811. The summed E-state index contributed by atoms with van der Waals surface area (Å²) >= 11 is 1.39. The number of carbonyl (C=O) groups is 2. The first-order chi connectivity index (χ1) is 9.08. The lowest BCUT2D eigenvalue weighted by Crippen LogP contribution is -2.06. The number of hydrogen-bond donors (Lipinski definition) is 2. The zero-order valence-electron chi connectivity index (χ0n) is 9.74. The smallest absolute Gasteiger partial charge is 0.303 e. The first-order valence-corrected chi connectivity index (χ1v) is 6.30. The molecule has 2 rings (SSSR count). The Morgan fingerprint density at radius 1 is 1.26 bits per heavy atom. The van der Waals surface area contributed by atoms with Gasteiger partial charge >= 0.3 is 5.97 Å². The van der Waals surface area contributed by atoms with Gasteiger partial charge in [0.15, 0.2) is 5.78 Å². The van der Waals surface area contributed by atoms with Crippen molar-refractivity contribution in [3.63, 3.8) is 0 Å². The number of aromatic nitrogens is 2. The van der Waals surface area contributed by atoms with Gasteiger partial charge in [-0.15, -0.1) is 11.3 Å². The van der Waals surface area contributed by atoms with Crippen molar-refractivity contribution >= 4 is 23.1 Å². The van der Waals surface area contributed by atoms with Gasteiger partial charge in [-0.3, -0.25) is 9.59 Å².